The highest BCUT2D eigenvalue weighted by Crippen LogP contribution is 2.28. The average Bonchev–Trinajstić information content (AvgIpc) is 2.55. The molecule has 0 spiro atoms. The zero-order valence-corrected chi connectivity index (χ0v) is 12.4. The Hall–Kier alpha value is -1.65. The zero-order valence-electron chi connectivity index (χ0n) is 12.4. The van der Waals surface area contributed by atoms with Gasteiger partial charge in [-0.05, 0) is 25.7 Å². The average molecular weight is 266 g/mol. The lowest BCUT2D eigenvalue weighted by Gasteiger charge is -2.21. The largest absolute Gasteiger partial charge is 0.478 e. The van der Waals surface area contributed by atoms with Crippen molar-refractivity contribution in [3.05, 3.63) is 11.1 Å². The van der Waals surface area contributed by atoms with Gasteiger partial charge in [-0.2, -0.15) is 0 Å². The van der Waals surface area contributed by atoms with Crippen LogP contribution in [-0.2, 0) is 9.59 Å². The number of aliphatic carboxylic acids is 1. The molecule has 19 heavy (non-hydrogen) atoms. The number of nitrogens with one attached hydrogen (secondary N) is 1. The van der Waals surface area contributed by atoms with Gasteiger partial charge in [0.15, 0.2) is 0 Å². The van der Waals surface area contributed by atoms with Crippen LogP contribution >= 0.6 is 0 Å². The second kappa shape index (κ2) is 5.15. The first-order valence-electron chi connectivity index (χ1n) is 6.47. The van der Waals surface area contributed by atoms with Crippen LogP contribution < -0.4 is 5.32 Å². The molecule has 106 valence electrons. The molecule has 5 heteroatoms. The molecular weight excluding hydrogens is 244 g/mol. The molecule has 5 nitrogen and oxygen atoms in total. The number of nitrogens with zero attached hydrogens (tertiary/aromatic N) is 1. The fourth-order valence-electron chi connectivity index (χ4n) is 2.08. The van der Waals surface area contributed by atoms with E-state index in [-0.39, 0.29) is 23.3 Å². The molecule has 0 fully saturated rings. The van der Waals surface area contributed by atoms with Crippen molar-refractivity contribution in [2.45, 2.75) is 47.1 Å². The minimum atomic E-state index is -0.970. The van der Waals surface area contributed by atoms with Crippen molar-refractivity contribution in [3.8, 4) is 0 Å². The second-order valence-electron chi connectivity index (χ2n) is 5.72. The number of amidine groups is 1. The molecule has 0 saturated heterocycles. The summed E-state index contributed by atoms with van der Waals surface area (Å²) in [6, 6.07) is 0. The fourth-order valence-corrected chi connectivity index (χ4v) is 2.08. The smallest absolute Gasteiger partial charge is 0.332 e. The SMILES string of the molecule is C/C(C1=NC(C)(C(C)C)C(=O)N1)=C(/C(=O)O)C(C)C. The number of aliphatic imine (C=N–C) groups is 1. The van der Waals surface area contributed by atoms with Crippen LogP contribution in [-0.4, -0.2) is 28.4 Å². The van der Waals surface area contributed by atoms with E-state index in [1.165, 1.54) is 0 Å². The van der Waals surface area contributed by atoms with Gasteiger partial charge < -0.3 is 10.4 Å². The summed E-state index contributed by atoms with van der Waals surface area (Å²) in [5.41, 5.74) is -0.00994. The van der Waals surface area contributed by atoms with Crippen LogP contribution in [0.15, 0.2) is 16.1 Å². The minimum Gasteiger partial charge on any atom is -0.478 e. The Morgan fingerprint density at radius 3 is 2.16 bits per heavy atom. The lowest BCUT2D eigenvalue weighted by atomic mass is 9.89. The van der Waals surface area contributed by atoms with Crippen molar-refractivity contribution in [3.63, 3.8) is 0 Å². The Bertz CT molecular complexity index is 475. The van der Waals surface area contributed by atoms with Gasteiger partial charge in [0.1, 0.15) is 11.4 Å². The molecule has 1 rings (SSSR count). The fraction of sp³-hybridized carbons (Fsp3) is 0.643. The van der Waals surface area contributed by atoms with E-state index >= 15 is 0 Å². The Kier molecular flexibility index (Phi) is 4.18. The molecule has 1 atom stereocenters. The van der Waals surface area contributed by atoms with Gasteiger partial charge in [-0.15, -0.1) is 0 Å². The molecule has 0 aromatic heterocycles. The van der Waals surface area contributed by atoms with Crippen molar-refractivity contribution in [1.82, 2.24) is 5.32 Å². The first-order chi connectivity index (χ1) is 8.61. The van der Waals surface area contributed by atoms with Crippen molar-refractivity contribution in [1.29, 1.82) is 0 Å². The van der Waals surface area contributed by atoms with Crippen molar-refractivity contribution >= 4 is 17.7 Å². The van der Waals surface area contributed by atoms with E-state index < -0.39 is 11.5 Å². The topological polar surface area (TPSA) is 78.8 Å². The molecule has 0 radical (unpaired) electrons. The highest BCUT2D eigenvalue weighted by Gasteiger charge is 2.42. The maximum Gasteiger partial charge on any atom is 0.332 e. The number of hydrogen-bond acceptors (Lipinski definition) is 3. The number of rotatable bonds is 4. The number of hydrogen-bond donors (Lipinski definition) is 2. The summed E-state index contributed by atoms with van der Waals surface area (Å²) < 4.78 is 0. The molecule has 0 aromatic rings. The molecule has 0 aliphatic carbocycles. The molecule has 0 saturated carbocycles. The molecule has 1 heterocycles. The van der Waals surface area contributed by atoms with E-state index in [2.05, 4.69) is 10.3 Å². The van der Waals surface area contributed by atoms with Crippen molar-refractivity contribution < 1.29 is 14.7 Å². The summed E-state index contributed by atoms with van der Waals surface area (Å²) in [5, 5.41) is 12.0. The molecule has 1 aliphatic heterocycles. The van der Waals surface area contributed by atoms with Gasteiger partial charge in [-0.3, -0.25) is 9.79 Å². The van der Waals surface area contributed by atoms with E-state index in [0.717, 1.165) is 0 Å². The van der Waals surface area contributed by atoms with Crippen molar-refractivity contribution in [2.75, 3.05) is 0 Å². The Balaban J connectivity index is 3.29. The van der Waals surface area contributed by atoms with Crippen LogP contribution in [0.4, 0.5) is 0 Å². The van der Waals surface area contributed by atoms with Gasteiger partial charge in [0.05, 0.1) is 0 Å². The minimum absolute atomic E-state index is 0.0464. The summed E-state index contributed by atoms with van der Waals surface area (Å²) in [6.07, 6.45) is 0. The number of amides is 1. The van der Waals surface area contributed by atoms with Gasteiger partial charge in [0, 0.05) is 11.1 Å². The Morgan fingerprint density at radius 1 is 1.32 bits per heavy atom. The van der Waals surface area contributed by atoms with Crippen LogP contribution in [0, 0.1) is 11.8 Å². The summed E-state index contributed by atoms with van der Waals surface area (Å²) in [6.45, 7) is 10.9. The van der Waals surface area contributed by atoms with Crippen LogP contribution in [0.2, 0.25) is 0 Å². The lowest BCUT2D eigenvalue weighted by molar-refractivity contribution is -0.133. The summed E-state index contributed by atoms with van der Waals surface area (Å²) in [4.78, 5) is 27.7. The quantitative estimate of drug-likeness (QED) is 0.764. The summed E-state index contributed by atoms with van der Waals surface area (Å²) in [7, 11) is 0. The molecular formula is C14H22N2O3. The van der Waals surface area contributed by atoms with E-state index in [0.29, 0.717) is 11.4 Å². The molecule has 2 N–H and O–H groups in total. The summed E-state index contributed by atoms with van der Waals surface area (Å²) >= 11 is 0. The first kappa shape index (κ1) is 15.4. The predicted octanol–water partition coefficient (Wildman–Crippen LogP) is 1.99. The van der Waals surface area contributed by atoms with E-state index in [9.17, 15) is 14.7 Å². The third-order valence-corrected chi connectivity index (χ3v) is 3.73. The van der Waals surface area contributed by atoms with Gasteiger partial charge in [-0.25, -0.2) is 4.79 Å². The van der Waals surface area contributed by atoms with Crippen LogP contribution in [0.3, 0.4) is 0 Å². The predicted molar refractivity (Wildman–Crippen MR) is 74.0 cm³/mol. The van der Waals surface area contributed by atoms with E-state index in [1.807, 2.05) is 27.7 Å². The monoisotopic (exact) mass is 266 g/mol. The second-order valence-corrected chi connectivity index (χ2v) is 5.72. The molecule has 0 bridgehead atoms. The van der Waals surface area contributed by atoms with Crippen LogP contribution in [0.25, 0.3) is 0 Å². The zero-order chi connectivity index (χ0) is 15.0. The van der Waals surface area contributed by atoms with Gasteiger partial charge in [0.2, 0.25) is 0 Å². The number of carbonyl (C=O) groups is 2. The first-order valence-corrected chi connectivity index (χ1v) is 6.47. The van der Waals surface area contributed by atoms with E-state index in [4.69, 9.17) is 0 Å². The van der Waals surface area contributed by atoms with E-state index in [1.54, 1.807) is 13.8 Å². The number of carboxylic acids is 1. The normalized spacial score (nSPS) is 24.4. The number of carbonyl (C=O) groups excluding carboxylic acids is 1. The third kappa shape index (κ3) is 2.69. The van der Waals surface area contributed by atoms with Crippen molar-refractivity contribution in [2.24, 2.45) is 16.8 Å². The number of carboxylic acid groups (broad SMARTS) is 1. The highest BCUT2D eigenvalue weighted by atomic mass is 16.4. The van der Waals surface area contributed by atoms with Crippen LogP contribution in [0.5, 0.6) is 0 Å². The standard InChI is InChI=1S/C14H22N2O3/c1-7(2)10(12(17)18)9(5)11-15-13(19)14(6,16-11)8(3)4/h7-8H,1-6H3,(H,17,18)(H,15,16,19)/b10-9-. The molecule has 1 aliphatic rings. The molecule has 0 aromatic carbocycles. The molecule has 1 amide bonds. The van der Waals surface area contributed by atoms with Gasteiger partial charge in [-0.1, -0.05) is 27.7 Å². The lowest BCUT2D eigenvalue weighted by Crippen LogP contribution is -2.41. The maximum atomic E-state index is 12.0. The Labute approximate surface area is 113 Å². The van der Waals surface area contributed by atoms with Gasteiger partial charge in [0.25, 0.3) is 5.91 Å². The third-order valence-electron chi connectivity index (χ3n) is 3.73. The van der Waals surface area contributed by atoms with Gasteiger partial charge >= 0.3 is 5.97 Å². The van der Waals surface area contributed by atoms with Crippen LogP contribution in [0.1, 0.15) is 41.5 Å². The summed E-state index contributed by atoms with van der Waals surface area (Å²) in [5.74, 6) is -0.853. The Morgan fingerprint density at radius 2 is 1.84 bits per heavy atom. The maximum absolute atomic E-state index is 12.0. The molecule has 1 unspecified atom stereocenters. The highest BCUT2D eigenvalue weighted by molar-refractivity contribution is 6.17.